The Bertz CT molecular complexity index is 458. The minimum absolute atomic E-state index is 0.761. The van der Waals surface area contributed by atoms with Crippen LogP contribution in [0.15, 0.2) is 12.1 Å². The molecule has 3 nitrogen and oxygen atoms in total. The molecular weight excluding hydrogens is 246 g/mol. The summed E-state index contributed by atoms with van der Waals surface area (Å²) in [4.78, 5) is 7.50. The van der Waals surface area contributed by atoms with Gasteiger partial charge in [-0.05, 0) is 55.8 Å². The molecule has 1 N–H and O–H groups in total. The van der Waals surface area contributed by atoms with Gasteiger partial charge in [0.2, 0.25) is 0 Å². The summed E-state index contributed by atoms with van der Waals surface area (Å²) in [5.41, 5.74) is 2.66. The van der Waals surface area contributed by atoms with E-state index in [0.29, 0.717) is 0 Å². The fourth-order valence-electron chi connectivity index (χ4n) is 3.74. The lowest BCUT2D eigenvalue weighted by Gasteiger charge is -2.29. The summed E-state index contributed by atoms with van der Waals surface area (Å²) in [7, 11) is 0. The quantitative estimate of drug-likeness (QED) is 0.863. The summed E-state index contributed by atoms with van der Waals surface area (Å²) >= 11 is 0. The van der Waals surface area contributed by atoms with Crippen LogP contribution in [0.3, 0.4) is 0 Å². The Morgan fingerprint density at radius 1 is 1.30 bits per heavy atom. The van der Waals surface area contributed by atoms with Crippen molar-refractivity contribution >= 4 is 5.82 Å². The van der Waals surface area contributed by atoms with Gasteiger partial charge in [-0.15, -0.1) is 0 Å². The van der Waals surface area contributed by atoms with E-state index < -0.39 is 0 Å². The summed E-state index contributed by atoms with van der Waals surface area (Å²) in [6, 6.07) is 5.35. The van der Waals surface area contributed by atoms with Gasteiger partial charge in [0.05, 0.1) is 0 Å². The first-order chi connectivity index (χ1) is 9.80. The Kier molecular flexibility index (Phi) is 4.25. The summed E-state index contributed by atoms with van der Waals surface area (Å²) in [6.45, 7) is 7.61. The molecule has 3 rings (SSSR count). The smallest absolute Gasteiger partial charge is 0.129 e. The monoisotopic (exact) mass is 273 g/mol. The van der Waals surface area contributed by atoms with Crippen LogP contribution in [-0.2, 0) is 13.0 Å². The van der Waals surface area contributed by atoms with Crippen molar-refractivity contribution in [2.45, 2.75) is 58.5 Å². The third-order valence-corrected chi connectivity index (χ3v) is 4.71. The Morgan fingerprint density at radius 3 is 2.85 bits per heavy atom. The van der Waals surface area contributed by atoms with Crippen molar-refractivity contribution in [3.05, 3.63) is 23.4 Å². The Hall–Kier alpha value is -1.09. The molecule has 3 heteroatoms. The van der Waals surface area contributed by atoms with Crippen LogP contribution in [0.1, 0.15) is 50.8 Å². The zero-order chi connectivity index (χ0) is 13.9. The number of aryl methyl sites for hydroxylation is 1. The predicted octanol–water partition coefficient (Wildman–Crippen LogP) is 3.13. The fourth-order valence-corrected chi connectivity index (χ4v) is 3.74. The van der Waals surface area contributed by atoms with Gasteiger partial charge >= 0.3 is 0 Å². The summed E-state index contributed by atoms with van der Waals surface area (Å²) < 4.78 is 0. The van der Waals surface area contributed by atoms with Gasteiger partial charge in [-0.2, -0.15) is 0 Å². The SMILES string of the molecule is CCCc1cc(CNCC)cc(N2CC3CCC2C3)n1. The molecule has 1 saturated heterocycles. The lowest BCUT2D eigenvalue weighted by atomic mass is 10.1. The van der Waals surface area contributed by atoms with E-state index in [4.69, 9.17) is 4.98 Å². The molecule has 1 aromatic heterocycles. The van der Waals surface area contributed by atoms with Gasteiger partial charge in [0.15, 0.2) is 0 Å². The standard InChI is InChI=1S/C17H27N3/c1-3-5-15-8-14(11-18-4-2)10-17(19-15)20-12-13-6-7-16(20)9-13/h8,10,13,16,18H,3-7,9,11-12H2,1-2H3. The van der Waals surface area contributed by atoms with Crippen molar-refractivity contribution in [1.29, 1.82) is 0 Å². The van der Waals surface area contributed by atoms with Crippen LogP contribution in [0.25, 0.3) is 0 Å². The Balaban J connectivity index is 1.82. The van der Waals surface area contributed by atoms with Crippen molar-refractivity contribution in [3.63, 3.8) is 0 Å². The molecule has 0 aromatic carbocycles. The van der Waals surface area contributed by atoms with Crippen molar-refractivity contribution in [3.8, 4) is 0 Å². The fraction of sp³-hybridized carbons (Fsp3) is 0.706. The number of fused-ring (bicyclic) bond motifs is 2. The van der Waals surface area contributed by atoms with E-state index in [2.05, 4.69) is 36.2 Å². The van der Waals surface area contributed by atoms with Gasteiger partial charge in [-0.3, -0.25) is 0 Å². The summed E-state index contributed by atoms with van der Waals surface area (Å²) in [5.74, 6) is 2.16. The van der Waals surface area contributed by atoms with Crippen LogP contribution in [0.4, 0.5) is 5.82 Å². The predicted molar refractivity (Wildman–Crippen MR) is 84.1 cm³/mol. The lowest BCUT2D eigenvalue weighted by Crippen LogP contribution is -2.33. The second kappa shape index (κ2) is 6.13. The number of rotatable bonds is 6. The topological polar surface area (TPSA) is 28.2 Å². The molecular formula is C17H27N3. The average Bonchev–Trinajstić information content (AvgIpc) is 3.08. The molecule has 2 heterocycles. The number of aromatic nitrogens is 1. The number of nitrogens with zero attached hydrogens (tertiary/aromatic N) is 2. The minimum Gasteiger partial charge on any atom is -0.353 e. The zero-order valence-electron chi connectivity index (χ0n) is 12.9. The third kappa shape index (κ3) is 2.83. The molecule has 0 amide bonds. The maximum absolute atomic E-state index is 4.93. The van der Waals surface area contributed by atoms with Gasteiger partial charge in [-0.25, -0.2) is 4.98 Å². The van der Waals surface area contributed by atoms with Crippen LogP contribution in [-0.4, -0.2) is 24.1 Å². The molecule has 20 heavy (non-hydrogen) atoms. The number of hydrogen-bond acceptors (Lipinski definition) is 3. The second-order valence-corrected chi connectivity index (χ2v) is 6.34. The first kappa shape index (κ1) is 13.9. The van der Waals surface area contributed by atoms with Gasteiger partial charge in [-0.1, -0.05) is 20.3 Å². The number of anilines is 1. The first-order valence-corrected chi connectivity index (χ1v) is 8.27. The largest absolute Gasteiger partial charge is 0.353 e. The normalized spacial score (nSPS) is 24.6. The number of hydrogen-bond donors (Lipinski definition) is 1. The number of nitrogens with one attached hydrogen (secondary N) is 1. The van der Waals surface area contributed by atoms with Crippen molar-refractivity contribution in [2.24, 2.45) is 5.92 Å². The highest BCUT2D eigenvalue weighted by molar-refractivity contribution is 5.46. The highest BCUT2D eigenvalue weighted by Crippen LogP contribution is 2.39. The van der Waals surface area contributed by atoms with E-state index in [1.54, 1.807) is 0 Å². The highest BCUT2D eigenvalue weighted by atomic mass is 15.2. The van der Waals surface area contributed by atoms with Crippen LogP contribution in [0, 0.1) is 5.92 Å². The van der Waals surface area contributed by atoms with E-state index in [0.717, 1.165) is 31.5 Å². The van der Waals surface area contributed by atoms with E-state index in [1.165, 1.54) is 49.3 Å². The zero-order valence-corrected chi connectivity index (χ0v) is 12.9. The van der Waals surface area contributed by atoms with Crippen molar-refractivity contribution in [2.75, 3.05) is 18.0 Å². The molecule has 2 unspecified atom stereocenters. The maximum Gasteiger partial charge on any atom is 0.129 e. The first-order valence-electron chi connectivity index (χ1n) is 8.27. The van der Waals surface area contributed by atoms with Crippen LogP contribution in [0.5, 0.6) is 0 Å². The second-order valence-electron chi connectivity index (χ2n) is 6.34. The number of pyridine rings is 1. The number of piperidine rings is 1. The van der Waals surface area contributed by atoms with E-state index in [1.807, 2.05) is 0 Å². The van der Waals surface area contributed by atoms with Gasteiger partial charge in [0.25, 0.3) is 0 Å². The lowest BCUT2D eigenvalue weighted by molar-refractivity contribution is 0.549. The van der Waals surface area contributed by atoms with Gasteiger partial charge in [0, 0.05) is 24.8 Å². The molecule has 1 saturated carbocycles. The highest BCUT2D eigenvalue weighted by Gasteiger charge is 2.38. The van der Waals surface area contributed by atoms with Crippen LogP contribution >= 0.6 is 0 Å². The molecule has 1 aliphatic heterocycles. The minimum atomic E-state index is 0.761. The third-order valence-electron chi connectivity index (χ3n) is 4.71. The van der Waals surface area contributed by atoms with Gasteiger partial charge < -0.3 is 10.2 Å². The van der Waals surface area contributed by atoms with Crippen LogP contribution < -0.4 is 10.2 Å². The Morgan fingerprint density at radius 2 is 2.20 bits per heavy atom. The summed E-state index contributed by atoms with van der Waals surface area (Å²) in [6.07, 6.45) is 6.45. The van der Waals surface area contributed by atoms with Crippen LogP contribution in [0.2, 0.25) is 0 Å². The molecule has 110 valence electrons. The molecule has 0 spiro atoms. The molecule has 1 aliphatic carbocycles. The van der Waals surface area contributed by atoms with E-state index >= 15 is 0 Å². The molecule has 0 radical (unpaired) electrons. The molecule has 2 bridgehead atoms. The Labute approximate surface area is 122 Å². The van der Waals surface area contributed by atoms with E-state index in [9.17, 15) is 0 Å². The van der Waals surface area contributed by atoms with E-state index in [-0.39, 0.29) is 0 Å². The summed E-state index contributed by atoms with van der Waals surface area (Å²) in [5, 5.41) is 3.44. The van der Waals surface area contributed by atoms with Crippen molar-refractivity contribution in [1.82, 2.24) is 10.3 Å². The average molecular weight is 273 g/mol. The molecule has 2 atom stereocenters. The maximum atomic E-state index is 4.93. The van der Waals surface area contributed by atoms with Crippen molar-refractivity contribution < 1.29 is 0 Å². The molecule has 1 aromatic rings. The van der Waals surface area contributed by atoms with Gasteiger partial charge in [0.1, 0.15) is 5.82 Å². The molecule has 2 fully saturated rings. The molecule has 2 aliphatic rings.